The molecule has 0 unspecified atom stereocenters. The van der Waals surface area contributed by atoms with Crippen LogP contribution in [0.1, 0.15) is 0 Å². The number of benzene rings is 6. The highest BCUT2D eigenvalue weighted by atomic mass is 14.9. The van der Waals surface area contributed by atoms with Crippen LogP contribution in [-0.2, 0) is 0 Å². The van der Waals surface area contributed by atoms with E-state index in [1.807, 2.05) is 48.7 Å². The molecule has 224 valence electrons. The Kier molecular flexibility index (Phi) is 6.76. The van der Waals surface area contributed by atoms with Crippen molar-refractivity contribution in [3.05, 3.63) is 170 Å². The van der Waals surface area contributed by atoms with Gasteiger partial charge in [-0.05, 0) is 40.1 Å². The van der Waals surface area contributed by atoms with E-state index in [9.17, 15) is 0 Å². The normalized spacial score (nSPS) is 11.3. The predicted octanol–water partition coefficient (Wildman–Crippen LogP) is 11.1. The fourth-order valence-corrected chi connectivity index (χ4v) is 6.54. The van der Waals surface area contributed by atoms with Crippen molar-refractivity contribution in [3.8, 4) is 56.3 Å². The lowest BCUT2D eigenvalue weighted by Gasteiger charge is -2.14. The third-order valence-electron chi connectivity index (χ3n) is 8.95. The summed E-state index contributed by atoms with van der Waals surface area (Å²) in [5, 5.41) is 4.50. The molecule has 0 fully saturated rings. The fraction of sp³-hybridized carbons (Fsp3) is 0. The van der Waals surface area contributed by atoms with E-state index in [2.05, 4.69) is 126 Å². The van der Waals surface area contributed by atoms with Crippen LogP contribution in [0.15, 0.2) is 170 Å². The Morgan fingerprint density at radius 3 is 1.69 bits per heavy atom. The van der Waals surface area contributed by atoms with E-state index in [0.29, 0.717) is 5.82 Å². The first-order chi connectivity index (χ1) is 23.8. The van der Waals surface area contributed by atoms with Crippen LogP contribution >= 0.6 is 0 Å². The molecule has 0 aliphatic rings. The highest BCUT2D eigenvalue weighted by Crippen LogP contribution is 2.37. The van der Waals surface area contributed by atoms with E-state index in [1.165, 1.54) is 10.9 Å². The van der Waals surface area contributed by atoms with E-state index in [0.717, 1.165) is 72.1 Å². The first kappa shape index (κ1) is 27.8. The van der Waals surface area contributed by atoms with Crippen LogP contribution < -0.4 is 0 Å². The smallest absolute Gasteiger partial charge is 0.160 e. The summed E-state index contributed by atoms with van der Waals surface area (Å²) in [6, 6.07) is 56.8. The van der Waals surface area contributed by atoms with E-state index < -0.39 is 0 Å². The summed E-state index contributed by atoms with van der Waals surface area (Å²) in [4.78, 5) is 19.8. The maximum atomic E-state index is 5.12. The molecule has 0 spiro atoms. The number of pyridine rings is 2. The first-order valence-corrected chi connectivity index (χ1v) is 16.1. The molecule has 0 saturated heterocycles. The van der Waals surface area contributed by atoms with Crippen molar-refractivity contribution in [2.45, 2.75) is 0 Å². The van der Waals surface area contributed by atoms with Gasteiger partial charge >= 0.3 is 0 Å². The van der Waals surface area contributed by atoms with Gasteiger partial charge in [0.2, 0.25) is 0 Å². The van der Waals surface area contributed by atoms with E-state index in [1.54, 1.807) is 0 Å². The number of hydrogen-bond acceptors (Lipinski definition) is 4. The number of nitrogens with zero attached hydrogens (tertiary/aromatic N) is 4. The second-order valence-electron chi connectivity index (χ2n) is 11.9. The summed E-state index contributed by atoms with van der Waals surface area (Å²) in [7, 11) is 0. The van der Waals surface area contributed by atoms with Gasteiger partial charge in [0.05, 0.1) is 28.1 Å². The third kappa shape index (κ3) is 4.97. The average Bonchev–Trinajstić information content (AvgIpc) is 3.18. The summed E-state index contributed by atoms with van der Waals surface area (Å²) in [6.07, 6.45) is 1.83. The van der Waals surface area contributed by atoms with Crippen LogP contribution in [0.5, 0.6) is 0 Å². The molecule has 9 rings (SSSR count). The second-order valence-corrected chi connectivity index (χ2v) is 11.9. The quantitative estimate of drug-likeness (QED) is 0.181. The second kappa shape index (κ2) is 11.7. The molecule has 3 heterocycles. The summed E-state index contributed by atoms with van der Waals surface area (Å²) < 4.78 is 0. The highest BCUT2D eigenvalue weighted by Gasteiger charge is 2.15. The fourth-order valence-electron chi connectivity index (χ4n) is 6.54. The van der Waals surface area contributed by atoms with Crippen molar-refractivity contribution in [2.75, 3.05) is 0 Å². The Bertz CT molecular complexity index is 2540. The van der Waals surface area contributed by atoms with Crippen LogP contribution in [0.2, 0.25) is 0 Å². The van der Waals surface area contributed by atoms with Gasteiger partial charge in [-0.1, -0.05) is 146 Å². The summed E-state index contributed by atoms with van der Waals surface area (Å²) in [5.74, 6) is 0.710. The minimum Gasteiger partial charge on any atom is -0.254 e. The topological polar surface area (TPSA) is 51.6 Å². The molecule has 0 saturated carbocycles. The third-order valence-corrected chi connectivity index (χ3v) is 8.95. The van der Waals surface area contributed by atoms with Crippen molar-refractivity contribution in [2.24, 2.45) is 0 Å². The van der Waals surface area contributed by atoms with Gasteiger partial charge in [0.25, 0.3) is 0 Å². The molecular formula is C44H28N4. The molecule has 0 aliphatic carbocycles. The van der Waals surface area contributed by atoms with Crippen molar-refractivity contribution in [1.29, 1.82) is 0 Å². The molecular weight excluding hydrogens is 585 g/mol. The molecule has 0 radical (unpaired) electrons. The highest BCUT2D eigenvalue weighted by molar-refractivity contribution is 6.05. The summed E-state index contributed by atoms with van der Waals surface area (Å²) >= 11 is 0. The van der Waals surface area contributed by atoms with E-state index >= 15 is 0 Å². The van der Waals surface area contributed by atoms with Gasteiger partial charge in [-0.25, -0.2) is 15.0 Å². The monoisotopic (exact) mass is 612 g/mol. The molecule has 3 aromatic heterocycles. The Morgan fingerprint density at radius 1 is 0.333 bits per heavy atom. The van der Waals surface area contributed by atoms with Gasteiger partial charge in [-0.2, -0.15) is 0 Å². The molecule has 4 nitrogen and oxygen atoms in total. The SMILES string of the molecule is c1ccc(-c2cc(-c3ccc(-c4ccc(-c5ccc6ccc7cccnc7c6n5)cc4)c4ccccc34)nc(-c3ccccc3)n2)cc1. The lowest BCUT2D eigenvalue weighted by atomic mass is 9.93. The molecule has 0 N–H and O–H groups in total. The Morgan fingerprint density at radius 2 is 0.917 bits per heavy atom. The predicted molar refractivity (Wildman–Crippen MR) is 197 cm³/mol. The standard InChI is InChI=1S/C44H28N4/c1-3-10-30(11-4-1)40-28-41(48-44(47-40)34-12-5-2-6-13-34)38-25-24-35(36-15-7-8-16-37(36)38)29-17-19-31(20-18-29)39-26-23-33-22-21-32-14-9-27-45-42(32)43(33)46-39/h1-28H. The molecule has 6 aromatic carbocycles. The zero-order chi connectivity index (χ0) is 31.9. The van der Waals surface area contributed by atoms with Crippen LogP contribution in [0.3, 0.4) is 0 Å². The number of rotatable bonds is 5. The number of aromatic nitrogens is 4. The molecule has 0 amide bonds. The van der Waals surface area contributed by atoms with Crippen molar-refractivity contribution >= 4 is 32.6 Å². The van der Waals surface area contributed by atoms with Gasteiger partial charge in [0, 0.05) is 39.2 Å². The summed E-state index contributed by atoms with van der Waals surface area (Å²) in [5.41, 5.74) is 11.1. The van der Waals surface area contributed by atoms with Gasteiger partial charge in [-0.15, -0.1) is 0 Å². The zero-order valence-corrected chi connectivity index (χ0v) is 26.0. The number of fused-ring (bicyclic) bond motifs is 4. The molecule has 0 atom stereocenters. The number of hydrogen-bond donors (Lipinski definition) is 0. The molecule has 4 heteroatoms. The summed E-state index contributed by atoms with van der Waals surface area (Å²) in [6.45, 7) is 0. The van der Waals surface area contributed by atoms with Crippen LogP contribution in [0.4, 0.5) is 0 Å². The molecule has 9 aromatic rings. The lowest BCUT2D eigenvalue weighted by Crippen LogP contribution is -1.96. The maximum Gasteiger partial charge on any atom is 0.160 e. The molecule has 48 heavy (non-hydrogen) atoms. The largest absolute Gasteiger partial charge is 0.254 e. The van der Waals surface area contributed by atoms with Crippen molar-refractivity contribution < 1.29 is 0 Å². The minimum atomic E-state index is 0.710. The van der Waals surface area contributed by atoms with Crippen LogP contribution in [0.25, 0.3) is 88.9 Å². The zero-order valence-electron chi connectivity index (χ0n) is 26.0. The first-order valence-electron chi connectivity index (χ1n) is 16.1. The van der Waals surface area contributed by atoms with Gasteiger partial charge < -0.3 is 0 Å². The Hall–Kier alpha value is -6.52. The van der Waals surface area contributed by atoms with Gasteiger partial charge in [-0.3, -0.25) is 4.98 Å². The van der Waals surface area contributed by atoms with E-state index in [4.69, 9.17) is 15.0 Å². The Balaban J connectivity index is 1.13. The lowest BCUT2D eigenvalue weighted by molar-refractivity contribution is 1.18. The average molecular weight is 613 g/mol. The van der Waals surface area contributed by atoms with Gasteiger partial charge in [0.1, 0.15) is 0 Å². The molecule has 0 bridgehead atoms. The van der Waals surface area contributed by atoms with Gasteiger partial charge in [0.15, 0.2) is 5.82 Å². The molecule has 0 aliphatic heterocycles. The maximum absolute atomic E-state index is 5.12. The van der Waals surface area contributed by atoms with Crippen LogP contribution in [0, 0.1) is 0 Å². The van der Waals surface area contributed by atoms with Crippen LogP contribution in [-0.4, -0.2) is 19.9 Å². The Labute approximate surface area is 278 Å². The van der Waals surface area contributed by atoms with E-state index in [-0.39, 0.29) is 0 Å². The minimum absolute atomic E-state index is 0.710. The van der Waals surface area contributed by atoms with Crippen molar-refractivity contribution in [1.82, 2.24) is 19.9 Å². The van der Waals surface area contributed by atoms with Crippen molar-refractivity contribution in [3.63, 3.8) is 0 Å².